The fourth-order valence-electron chi connectivity index (χ4n) is 1.94. The molecule has 0 saturated heterocycles. The number of ether oxygens (including phenoxy) is 1. The van der Waals surface area contributed by atoms with E-state index in [9.17, 15) is 0 Å². The number of hydrogen-bond acceptors (Lipinski definition) is 5. The summed E-state index contributed by atoms with van der Waals surface area (Å²) >= 11 is 0. The van der Waals surface area contributed by atoms with Gasteiger partial charge in [-0.15, -0.1) is 0 Å². The normalized spacial score (nSPS) is 13.9. The van der Waals surface area contributed by atoms with Crippen molar-refractivity contribution in [1.29, 1.82) is 0 Å². The Hall–Kier alpha value is -1.88. The highest BCUT2D eigenvalue weighted by atomic mass is 16.5. The molecule has 0 spiro atoms. The molecule has 0 aliphatic rings. The minimum Gasteiger partial charge on any atom is -0.485 e. The third-order valence-corrected chi connectivity index (χ3v) is 3.45. The van der Waals surface area contributed by atoms with Gasteiger partial charge in [0.15, 0.2) is 6.61 Å². The molecule has 1 aromatic carbocycles. The van der Waals surface area contributed by atoms with Crippen molar-refractivity contribution in [3.05, 3.63) is 42.0 Å². The van der Waals surface area contributed by atoms with E-state index < -0.39 is 0 Å². The number of hydrogen-bond donors (Lipinski definition) is 1. The molecule has 0 bridgehead atoms. The van der Waals surface area contributed by atoms with Crippen molar-refractivity contribution < 1.29 is 9.26 Å². The average molecular weight is 289 g/mol. The Balaban J connectivity index is 1.88. The first kappa shape index (κ1) is 15.5. The van der Waals surface area contributed by atoms with Gasteiger partial charge in [-0.2, -0.15) is 4.98 Å². The zero-order chi connectivity index (χ0) is 15.1. The van der Waals surface area contributed by atoms with Crippen molar-refractivity contribution in [3.63, 3.8) is 0 Å². The first-order valence-electron chi connectivity index (χ1n) is 7.44. The lowest BCUT2D eigenvalue weighted by Gasteiger charge is -2.17. The second-order valence-electron chi connectivity index (χ2n) is 5.18. The number of nitrogens with zero attached hydrogens (tertiary/aromatic N) is 2. The summed E-state index contributed by atoms with van der Waals surface area (Å²) < 4.78 is 10.9. The van der Waals surface area contributed by atoms with Crippen LogP contribution in [0.15, 0.2) is 34.9 Å². The molecule has 5 heteroatoms. The first-order chi connectivity index (χ1) is 10.2. The van der Waals surface area contributed by atoms with E-state index in [1.54, 1.807) is 0 Å². The van der Waals surface area contributed by atoms with Gasteiger partial charge in [-0.3, -0.25) is 0 Å². The summed E-state index contributed by atoms with van der Waals surface area (Å²) in [6, 6.07) is 9.92. The molecule has 1 N–H and O–H groups in total. The van der Waals surface area contributed by atoms with Gasteiger partial charge >= 0.3 is 0 Å². The van der Waals surface area contributed by atoms with Crippen LogP contribution in [0.5, 0.6) is 5.75 Å². The van der Waals surface area contributed by atoms with E-state index in [2.05, 4.69) is 36.2 Å². The molecule has 0 radical (unpaired) electrons. The molecule has 1 heterocycles. The topological polar surface area (TPSA) is 60.2 Å². The fraction of sp³-hybridized carbons (Fsp3) is 0.500. The van der Waals surface area contributed by atoms with E-state index in [0.29, 0.717) is 24.4 Å². The third-order valence-electron chi connectivity index (χ3n) is 3.45. The molecule has 21 heavy (non-hydrogen) atoms. The van der Waals surface area contributed by atoms with E-state index >= 15 is 0 Å². The Morgan fingerprint density at radius 2 is 2.00 bits per heavy atom. The molecular weight excluding hydrogens is 266 g/mol. The molecule has 0 saturated carbocycles. The van der Waals surface area contributed by atoms with Crippen LogP contribution < -0.4 is 10.1 Å². The third kappa shape index (κ3) is 4.56. The molecule has 0 aliphatic carbocycles. The molecule has 0 fully saturated rings. The van der Waals surface area contributed by atoms with Gasteiger partial charge < -0.3 is 14.6 Å². The van der Waals surface area contributed by atoms with E-state index in [-0.39, 0.29) is 5.92 Å². The second kappa shape index (κ2) is 7.78. The summed E-state index contributed by atoms with van der Waals surface area (Å²) in [5.74, 6) is 2.20. The highest BCUT2D eigenvalue weighted by molar-refractivity contribution is 5.20. The van der Waals surface area contributed by atoms with Gasteiger partial charge in [0, 0.05) is 6.04 Å². The van der Waals surface area contributed by atoms with Crippen molar-refractivity contribution in [3.8, 4) is 5.75 Å². The number of rotatable bonds is 8. The summed E-state index contributed by atoms with van der Waals surface area (Å²) in [6.45, 7) is 7.67. The van der Waals surface area contributed by atoms with Crippen molar-refractivity contribution in [2.75, 3.05) is 6.54 Å². The van der Waals surface area contributed by atoms with E-state index in [0.717, 1.165) is 18.7 Å². The zero-order valence-electron chi connectivity index (χ0n) is 12.9. The maximum absolute atomic E-state index is 5.61. The summed E-state index contributed by atoms with van der Waals surface area (Å²) in [7, 11) is 0. The average Bonchev–Trinajstić information content (AvgIpc) is 2.99. The van der Waals surface area contributed by atoms with E-state index in [1.165, 1.54) is 0 Å². The molecule has 0 aliphatic heterocycles. The predicted octanol–water partition coefficient (Wildman–Crippen LogP) is 3.14. The highest BCUT2D eigenvalue weighted by Gasteiger charge is 2.20. The molecule has 2 aromatic rings. The van der Waals surface area contributed by atoms with Crippen LogP contribution in [0.3, 0.4) is 0 Å². The van der Waals surface area contributed by atoms with E-state index in [4.69, 9.17) is 9.26 Å². The van der Waals surface area contributed by atoms with E-state index in [1.807, 2.05) is 30.3 Å². The van der Waals surface area contributed by atoms with Gasteiger partial charge in [0.1, 0.15) is 5.75 Å². The van der Waals surface area contributed by atoms with Crippen LogP contribution in [-0.2, 0) is 6.61 Å². The van der Waals surface area contributed by atoms with Gasteiger partial charge in [-0.1, -0.05) is 37.2 Å². The lowest BCUT2D eigenvalue weighted by Crippen LogP contribution is -2.31. The largest absolute Gasteiger partial charge is 0.485 e. The quantitative estimate of drug-likeness (QED) is 0.809. The van der Waals surface area contributed by atoms with Crippen LogP contribution in [0.4, 0.5) is 0 Å². The Labute approximate surface area is 125 Å². The molecule has 2 unspecified atom stereocenters. The maximum atomic E-state index is 5.61. The fourth-order valence-corrected chi connectivity index (χ4v) is 1.94. The van der Waals surface area contributed by atoms with Crippen molar-refractivity contribution in [2.24, 2.45) is 0 Å². The standard InChI is InChI=1S/C16H23N3O2/c1-4-10-17-13(3)12(2)16-18-15(19-21-16)11-20-14-8-6-5-7-9-14/h5-9,12-13,17H,4,10-11H2,1-3H3. The van der Waals surface area contributed by atoms with Crippen LogP contribution in [-0.4, -0.2) is 22.7 Å². The van der Waals surface area contributed by atoms with Crippen molar-refractivity contribution >= 4 is 0 Å². The number of aromatic nitrogens is 2. The number of para-hydroxylation sites is 1. The molecular formula is C16H23N3O2. The van der Waals surface area contributed by atoms with Crippen LogP contribution in [0.1, 0.15) is 44.8 Å². The lowest BCUT2D eigenvalue weighted by atomic mass is 10.0. The maximum Gasteiger partial charge on any atom is 0.231 e. The molecule has 2 atom stereocenters. The molecule has 1 aromatic heterocycles. The van der Waals surface area contributed by atoms with Gasteiger partial charge in [-0.05, 0) is 32.0 Å². The monoisotopic (exact) mass is 289 g/mol. The summed E-state index contributed by atoms with van der Waals surface area (Å²) in [5.41, 5.74) is 0. The van der Waals surface area contributed by atoms with Gasteiger partial charge in [-0.25, -0.2) is 0 Å². The van der Waals surface area contributed by atoms with Crippen LogP contribution in [0, 0.1) is 0 Å². The second-order valence-corrected chi connectivity index (χ2v) is 5.18. The summed E-state index contributed by atoms with van der Waals surface area (Å²) in [6.07, 6.45) is 1.11. The molecule has 5 nitrogen and oxygen atoms in total. The molecule has 0 amide bonds. The Morgan fingerprint density at radius 3 is 2.71 bits per heavy atom. The smallest absolute Gasteiger partial charge is 0.231 e. The minimum atomic E-state index is 0.175. The number of nitrogens with one attached hydrogen (secondary N) is 1. The Kier molecular flexibility index (Phi) is 5.75. The Morgan fingerprint density at radius 1 is 1.24 bits per heavy atom. The summed E-state index contributed by atoms with van der Waals surface area (Å²) in [4.78, 5) is 4.41. The van der Waals surface area contributed by atoms with Crippen LogP contribution in [0.25, 0.3) is 0 Å². The van der Waals surface area contributed by atoms with Gasteiger partial charge in [0.05, 0.1) is 5.92 Å². The zero-order valence-corrected chi connectivity index (χ0v) is 12.9. The van der Waals surface area contributed by atoms with Crippen LogP contribution >= 0.6 is 0 Å². The van der Waals surface area contributed by atoms with Crippen LogP contribution in [0.2, 0.25) is 0 Å². The summed E-state index contributed by atoms with van der Waals surface area (Å²) in [5, 5.41) is 7.41. The molecule has 2 rings (SSSR count). The van der Waals surface area contributed by atoms with Gasteiger partial charge in [0.25, 0.3) is 0 Å². The molecule has 114 valence electrons. The predicted molar refractivity (Wildman–Crippen MR) is 81.2 cm³/mol. The highest BCUT2D eigenvalue weighted by Crippen LogP contribution is 2.18. The van der Waals surface area contributed by atoms with Gasteiger partial charge in [0.2, 0.25) is 11.7 Å². The van der Waals surface area contributed by atoms with Crippen molar-refractivity contribution in [2.45, 2.75) is 45.8 Å². The minimum absolute atomic E-state index is 0.175. The SMILES string of the molecule is CCCNC(C)C(C)c1nc(COc2ccccc2)no1. The number of benzene rings is 1. The Bertz CT molecular complexity index is 527. The first-order valence-corrected chi connectivity index (χ1v) is 7.44. The van der Waals surface area contributed by atoms with Crippen molar-refractivity contribution in [1.82, 2.24) is 15.5 Å². The lowest BCUT2D eigenvalue weighted by molar-refractivity contribution is 0.282.